The lowest BCUT2D eigenvalue weighted by molar-refractivity contribution is 0.102. The maximum absolute atomic E-state index is 11.9. The third kappa shape index (κ3) is 3.36. The Morgan fingerprint density at radius 2 is 2.05 bits per heavy atom. The Morgan fingerprint density at radius 1 is 1.32 bits per heavy atom. The molecule has 0 saturated carbocycles. The molecule has 0 unspecified atom stereocenters. The van der Waals surface area contributed by atoms with E-state index in [9.17, 15) is 4.79 Å². The van der Waals surface area contributed by atoms with Crippen LogP contribution in [0.15, 0.2) is 36.4 Å². The number of carbonyl (C=O) groups is 1. The van der Waals surface area contributed by atoms with Crippen LogP contribution >= 0.6 is 0 Å². The number of amides is 1. The summed E-state index contributed by atoms with van der Waals surface area (Å²) in [6.07, 6.45) is 0. The van der Waals surface area contributed by atoms with E-state index in [1.807, 2.05) is 19.1 Å². The van der Waals surface area contributed by atoms with Gasteiger partial charge in [-0.15, -0.1) is 0 Å². The van der Waals surface area contributed by atoms with Crippen LogP contribution < -0.4 is 10.1 Å². The van der Waals surface area contributed by atoms with E-state index < -0.39 is 0 Å². The molecule has 5 nitrogen and oxygen atoms in total. The normalized spacial score (nSPS) is 9.68. The molecule has 0 radical (unpaired) electrons. The SMILES string of the molecule is Cc1ccc(C(=O)Nc2ccc(OCC#N)cc2)[nH]1. The highest BCUT2D eigenvalue weighted by molar-refractivity contribution is 6.03. The topological polar surface area (TPSA) is 77.9 Å². The van der Waals surface area contributed by atoms with Gasteiger partial charge >= 0.3 is 0 Å². The van der Waals surface area contributed by atoms with E-state index in [2.05, 4.69) is 10.3 Å². The first-order valence-electron chi connectivity index (χ1n) is 5.76. The molecule has 0 atom stereocenters. The summed E-state index contributed by atoms with van der Waals surface area (Å²) in [7, 11) is 0. The number of H-pyrrole nitrogens is 1. The molecular formula is C14H13N3O2. The summed E-state index contributed by atoms with van der Waals surface area (Å²) in [6.45, 7) is 1.89. The van der Waals surface area contributed by atoms with Crippen molar-refractivity contribution in [3.63, 3.8) is 0 Å². The molecule has 0 aliphatic carbocycles. The number of nitrogens with zero attached hydrogens (tertiary/aromatic N) is 1. The van der Waals surface area contributed by atoms with E-state index in [-0.39, 0.29) is 12.5 Å². The van der Waals surface area contributed by atoms with Gasteiger partial charge in [-0.1, -0.05) is 0 Å². The first kappa shape index (κ1) is 12.7. The predicted octanol–water partition coefficient (Wildman–Crippen LogP) is 2.48. The Kier molecular flexibility index (Phi) is 3.84. The van der Waals surface area contributed by atoms with Gasteiger partial charge in [0.05, 0.1) is 0 Å². The Balaban J connectivity index is 2.00. The van der Waals surface area contributed by atoms with Gasteiger partial charge in [-0.3, -0.25) is 4.79 Å². The first-order chi connectivity index (χ1) is 9.19. The number of ether oxygens (including phenoxy) is 1. The molecule has 1 aromatic carbocycles. The average Bonchev–Trinajstić information content (AvgIpc) is 2.85. The van der Waals surface area contributed by atoms with Crippen molar-refractivity contribution in [3.05, 3.63) is 47.8 Å². The van der Waals surface area contributed by atoms with E-state index in [4.69, 9.17) is 10.00 Å². The lowest BCUT2D eigenvalue weighted by Crippen LogP contribution is -2.12. The van der Waals surface area contributed by atoms with Crippen LogP contribution in [0.3, 0.4) is 0 Å². The molecule has 0 bridgehead atoms. The predicted molar refractivity (Wildman–Crippen MR) is 71.0 cm³/mol. The zero-order valence-electron chi connectivity index (χ0n) is 10.4. The Labute approximate surface area is 110 Å². The smallest absolute Gasteiger partial charge is 0.272 e. The monoisotopic (exact) mass is 255 g/mol. The Bertz CT molecular complexity index is 608. The largest absolute Gasteiger partial charge is 0.479 e. The minimum atomic E-state index is -0.196. The van der Waals surface area contributed by atoms with E-state index in [1.54, 1.807) is 30.3 Å². The van der Waals surface area contributed by atoms with Crippen LogP contribution in [0, 0.1) is 18.3 Å². The first-order valence-corrected chi connectivity index (χ1v) is 5.76. The number of carbonyl (C=O) groups excluding carboxylic acids is 1. The Hall–Kier alpha value is -2.74. The summed E-state index contributed by atoms with van der Waals surface area (Å²) in [5.74, 6) is 0.397. The van der Waals surface area contributed by atoms with Crippen molar-refractivity contribution < 1.29 is 9.53 Å². The van der Waals surface area contributed by atoms with Crippen LogP contribution in [0.5, 0.6) is 5.75 Å². The minimum Gasteiger partial charge on any atom is -0.479 e. The highest BCUT2D eigenvalue weighted by Gasteiger charge is 2.07. The second-order valence-electron chi connectivity index (χ2n) is 3.98. The number of rotatable bonds is 4. The fourth-order valence-corrected chi connectivity index (χ4v) is 1.59. The van der Waals surface area contributed by atoms with Gasteiger partial charge in [0.15, 0.2) is 6.61 Å². The molecule has 0 spiro atoms. The number of hydrogen-bond donors (Lipinski definition) is 2. The molecule has 0 fully saturated rings. The highest BCUT2D eigenvalue weighted by atomic mass is 16.5. The van der Waals surface area contributed by atoms with Crippen molar-refractivity contribution in [2.24, 2.45) is 0 Å². The molecule has 1 heterocycles. The summed E-state index contributed by atoms with van der Waals surface area (Å²) in [5.41, 5.74) is 2.12. The number of aryl methyl sites for hydroxylation is 1. The lowest BCUT2D eigenvalue weighted by atomic mass is 10.3. The van der Waals surface area contributed by atoms with Gasteiger partial charge in [-0.2, -0.15) is 5.26 Å². The van der Waals surface area contributed by atoms with Gasteiger partial charge in [-0.05, 0) is 43.3 Å². The number of nitriles is 1. The van der Waals surface area contributed by atoms with Gasteiger partial charge in [0.1, 0.15) is 17.5 Å². The summed E-state index contributed by atoms with van der Waals surface area (Å²) < 4.78 is 5.12. The third-order valence-electron chi connectivity index (χ3n) is 2.49. The molecule has 5 heteroatoms. The molecule has 2 aromatic rings. The highest BCUT2D eigenvalue weighted by Crippen LogP contribution is 2.16. The second-order valence-corrected chi connectivity index (χ2v) is 3.98. The van der Waals surface area contributed by atoms with E-state index in [1.165, 1.54) is 0 Å². The van der Waals surface area contributed by atoms with Gasteiger partial charge in [0, 0.05) is 11.4 Å². The molecule has 0 aliphatic heterocycles. The zero-order valence-corrected chi connectivity index (χ0v) is 10.4. The molecule has 2 N–H and O–H groups in total. The van der Waals surface area contributed by atoms with Gasteiger partial charge in [0.2, 0.25) is 0 Å². The number of aromatic amines is 1. The number of hydrogen-bond acceptors (Lipinski definition) is 3. The third-order valence-corrected chi connectivity index (χ3v) is 2.49. The van der Waals surface area contributed by atoms with Crippen LogP contribution in [-0.4, -0.2) is 17.5 Å². The molecule has 19 heavy (non-hydrogen) atoms. The minimum absolute atomic E-state index is 0.00740. The fourth-order valence-electron chi connectivity index (χ4n) is 1.59. The molecular weight excluding hydrogens is 242 g/mol. The number of benzene rings is 1. The average molecular weight is 255 g/mol. The van der Waals surface area contributed by atoms with Crippen molar-refractivity contribution in [2.45, 2.75) is 6.92 Å². The van der Waals surface area contributed by atoms with E-state index in [0.29, 0.717) is 17.1 Å². The van der Waals surface area contributed by atoms with Crippen molar-refractivity contribution in [2.75, 3.05) is 11.9 Å². The number of anilines is 1. The summed E-state index contributed by atoms with van der Waals surface area (Å²) >= 11 is 0. The maximum Gasteiger partial charge on any atom is 0.272 e. The summed E-state index contributed by atoms with van der Waals surface area (Å²) in [5, 5.41) is 11.2. The molecule has 96 valence electrons. The van der Waals surface area contributed by atoms with Crippen LogP contribution in [0.25, 0.3) is 0 Å². The molecule has 2 rings (SSSR count). The summed E-state index contributed by atoms with van der Waals surface area (Å²) in [4.78, 5) is 14.8. The van der Waals surface area contributed by atoms with Crippen LogP contribution in [-0.2, 0) is 0 Å². The Morgan fingerprint density at radius 3 is 2.63 bits per heavy atom. The van der Waals surface area contributed by atoms with Crippen LogP contribution in [0.2, 0.25) is 0 Å². The molecule has 1 aromatic heterocycles. The van der Waals surface area contributed by atoms with Crippen molar-refractivity contribution in [3.8, 4) is 11.8 Å². The lowest BCUT2D eigenvalue weighted by Gasteiger charge is -2.05. The van der Waals surface area contributed by atoms with Gasteiger partial charge in [0.25, 0.3) is 5.91 Å². The number of aromatic nitrogens is 1. The summed E-state index contributed by atoms with van der Waals surface area (Å²) in [6, 6.07) is 12.3. The van der Waals surface area contributed by atoms with Crippen molar-refractivity contribution >= 4 is 11.6 Å². The maximum atomic E-state index is 11.9. The second kappa shape index (κ2) is 5.74. The molecule has 1 amide bonds. The molecule has 0 saturated heterocycles. The zero-order chi connectivity index (χ0) is 13.7. The van der Waals surface area contributed by atoms with Crippen molar-refractivity contribution in [1.29, 1.82) is 5.26 Å². The van der Waals surface area contributed by atoms with Crippen LogP contribution in [0.1, 0.15) is 16.2 Å². The van der Waals surface area contributed by atoms with Crippen molar-refractivity contribution in [1.82, 2.24) is 4.98 Å². The standard InChI is InChI=1S/C14H13N3O2/c1-10-2-7-13(16-10)14(18)17-11-3-5-12(6-4-11)19-9-8-15/h2-7,16H,9H2,1H3,(H,17,18). The van der Waals surface area contributed by atoms with Gasteiger partial charge < -0.3 is 15.0 Å². The van der Waals surface area contributed by atoms with E-state index >= 15 is 0 Å². The van der Waals surface area contributed by atoms with Crippen LogP contribution in [0.4, 0.5) is 5.69 Å². The molecule has 0 aliphatic rings. The van der Waals surface area contributed by atoms with E-state index in [0.717, 1.165) is 5.69 Å². The number of nitrogens with one attached hydrogen (secondary N) is 2. The van der Waals surface area contributed by atoms with Gasteiger partial charge in [-0.25, -0.2) is 0 Å². The fraction of sp³-hybridized carbons (Fsp3) is 0.143. The quantitative estimate of drug-likeness (QED) is 0.880.